The number of pyridine rings is 1. The molecule has 0 N–H and O–H groups in total. The third-order valence-electron chi connectivity index (χ3n) is 9.29. The van der Waals surface area contributed by atoms with Gasteiger partial charge < -0.3 is 19.1 Å². The van der Waals surface area contributed by atoms with Crippen molar-refractivity contribution in [2.45, 2.75) is 63.4 Å². The maximum absolute atomic E-state index is 16.7. The molecule has 8 heteroatoms. The van der Waals surface area contributed by atoms with Gasteiger partial charge in [-0.2, -0.15) is 0 Å². The Labute approximate surface area is 255 Å². The topological polar surface area (TPSA) is 47.1 Å². The highest BCUT2D eigenvalue weighted by molar-refractivity contribution is 7.18. The van der Waals surface area contributed by atoms with Gasteiger partial charge in [-0.25, -0.2) is 9.37 Å². The van der Waals surface area contributed by atoms with Crippen LogP contribution in [0.25, 0.3) is 10.2 Å². The van der Waals surface area contributed by atoms with E-state index < -0.39 is 24.0 Å². The van der Waals surface area contributed by atoms with Gasteiger partial charge in [-0.05, 0) is 46.7 Å². The molecule has 0 radical (unpaired) electrons. The number of nitrogens with zero attached hydrogens (tertiary/aromatic N) is 2. The summed E-state index contributed by atoms with van der Waals surface area (Å²) in [5.41, 5.74) is 4.77. The molecule has 220 valence electrons. The lowest BCUT2D eigenvalue weighted by Crippen LogP contribution is -2.37. The van der Waals surface area contributed by atoms with Crippen molar-refractivity contribution in [2.24, 2.45) is 11.8 Å². The second-order valence-corrected chi connectivity index (χ2v) is 13.2. The average Bonchev–Trinajstić information content (AvgIpc) is 3.33. The first-order valence-electron chi connectivity index (χ1n) is 15.0. The van der Waals surface area contributed by atoms with Crippen molar-refractivity contribution in [3.63, 3.8) is 0 Å². The van der Waals surface area contributed by atoms with E-state index in [1.807, 2.05) is 79.0 Å². The minimum Gasteiger partial charge on any atom is -0.374 e. The normalized spacial score (nSPS) is 26.5. The summed E-state index contributed by atoms with van der Waals surface area (Å²) in [6.07, 6.45) is 2.01. The van der Waals surface area contributed by atoms with Crippen molar-refractivity contribution >= 4 is 38.8 Å². The van der Waals surface area contributed by atoms with Gasteiger partial charge in [0.2, 0.25) is 5.79 Å². The van der Waals surface area contributed by atoms with E-state index in [1.165, 1.54) is 19.3 Å². The van der Waals surface area contributed by atoms with Gasteiger partial charge in [-0.15, -0.1) is 11.3 Å². The zero-order chi connectivity index (χ0) is 28.7. The predicted octanol–water partition coefficient (Wildman–Crippen LogP) is 8.16. The second kappa shape index (κ2) is 11.9. The molecule has 2 aliphatic heterocycles. The van der Waals surface area contributed by atoms with Gasteiger partial charge in [0.1, 0.15) is 11.3 Å². The Hall–Kier alpha value is -2.55. The first-order chi connectivity index (χ1) is 20.5. The number of alkyl halides is 1. The van der Waals surface area contributed by atoms with E-state index in [4.69, 9.17) is 30.8 Å². The number of benzene rings is 2. The first-order valence-corrected chi connectivity index (χ1v) is 16.2. The van der Waals surface area contributed by atoms with E-state index in [2.05, 4.69) is 4.90 Å². The number of anilines is 1. The number of halogens is 2. The minimum absolute atomic E-state index is 0.243. The SMILES string of the molecule is CC(c1csc2c(N3CC4CCCC4C3)cc(Cl)nc12)C(F)[C@]1(OCc2ccccc2)O[C@@H]1COCc1ccccc1. The Kier molecular flexibility index (Phi) is 7.97. The third kappa shape index (κ3) is 5.46. The number of thiophene rings is 1. The van der Waals surface area contributed by atoms with Crippen molar-refractivity contribution < 1.29 is 18.6 Å². The molecule has 3 aliphatic rings. The van der Waals surface area contributed by atoms with Crippen LogP contribution in [0.15, 0.2) is 72.1 Å². The van der Waals surface area contributed by atoms with Crippen molar-refractivity contribution in [1.82, 2.24) is 4.98 Å². The summed E-state index contributed by atoms with van der Waals surface area (Å²) in [4.78, 5) is 7.19. The van der Waals surface area contributed by atoms with E-state index in [0.717, 1.165) is 57.5 Å². The van der Waals surface area contributed by atoms with E-state index >= 15 is 4.39 Å². The Morgan fingerprint density at radius 2 is 1.71 bits per heavy atom. The molecule has 3 fully saturated rings. The van der Waals surface area contributed by atoms with Crippen LogP contribution in [0.4, 0.5) is 10.1 Å². The molecular weight excluding hydrogens is 571 g/mol. The van der Waals surface area contributed by atoms with E-state index in [0.29, 0.717) is 11.8 Å². The van der Waals surface area contributed by atoms with Crippen LogP contribution in [0.3, 0.4) is 0 Å². The van der Waals surface area contributed by atoms with E-state index in [9.17, 15) is 0 Å². The quantitative estimate of drug-likeness (QED) is 0.127. The van der Waals surface area contributed by atoms with Crippen LogP contribution in [0.1, 0.15) is 48.8 Å². The summed E-state index contributed by atoms with van der Waals surface area (Å²) in [5.74, 6) is -0.399. The van der Waals surface area contributed by atoms with Gasteiger partial charge >= 0.3 is 0 Å². The van der Waals surface area contributed by atoms with E-state index in [1.54, 1.807) is 11.3 Å². The van der Waals surface area contributed by atoms with Crippen molar-refractivity contribution in [1.29, 1.82) is 0 Å². The maximum atomic E-state index is 16.7. The molecule has 5 nitrogen and oxygen atoms in total. The average molecular weight is 607 g/mol. The lowest BCUT2D eigenvalue weighted by Gasteiger charge is -2.24. The highest BCUT2D eigenvalue weighted by Gasteiger charge is 2.65. The van der Waals surface area contributed by atoms with E-state index in [-0.39, 0.29) is 13.2 Å². The fourth-order valence-electron chi connectivity index (χ4n) is 6.89. The number of hydrogen-bond acceptors (Lipinski definition) is 6. The van der Waals surface area contributed by atoms with Crippen LogP contribution >= 0.6 is 22.9 Å². The van der Waals surface area contributed by atoms with Gasteiger partial charge in [0.15, 0.2) is 6.17 Å². The lowest BCUT2D eigenvalue weighted by molar-refractivity contribution is -0.107. The lowest BCUT2D eigenvalue weighted by atomic mass is 9.92. The summed E-state index contributed by atoms with van der Waals surface area (Å²) < 4.78 is 36.1. The van der Waals surface area contributed by atoms with Crippen LogP contribution in [-0.4, -0.2) is 42.7 Å². The Balaban J connectivity index is 1.12. The number of fused-ring (bicyclic) bond motifs is 2. The second-order valence-electron chi connectivity index (χ2n) is 12.0. The molecule has 4 heterocycles. The van der Waals surface area contributed by atoms with Crippen molar-refractivity contribution in [2.75, 3.05) is 24.6 Å². The number of ether oxygens (including phenoxy) is 3. The third-order valence-corrected chi connectivity index (χ3v) is 10.5. The smallest absolute Gasteiger partial charge is 0.231 e. The number of epoxide rings is 1. The van der Waals surface area contributed by atoms with Crippen molar-refractivity contribution in [3.05, 3.63) is 94.0 Å². The van der Waals surface area contributed by atoms with Gasteiger partial charge in [-0.3, -0.25) is 0 Å². The van der Waals surface area contributed by atoms with Gasteiger partial charge in [0.25, 0.3) is 0 Å². The minimum atomic E-state index is -1.43. The molecule has 1 saturated carbocycles. The standard InChI is InChI=1S/C34H36ClFN2O3S/c1-22(27-21-42-32-28(15-30(35)37-31(27)32)38-16-25-13-8-14-26(25)17-38)33(36)34(40-19-24-11-6-3-7-12-24)29(41-34)20-39-18-23-9-4-2-5-10-23/h2-7,9-12,15,21-22,25-26,29,33H,8,13-14,16-20H2,1H3/t22?,25?,26?,29-,33?,34-/m1/s1. The van der Waals surface area contributed by atoms with Gasteiger partial charge in [0, 0.05) is 25.1 Å². The summed E-state index contributed by atoms with van der Waals surface area (Å²) >= 11 is 8.22. The summed E-state index contributed by atoms with van der Waals surface area (Å²) in [5, 5.41) is 2.49. The molecule has 0 amide bonds. The molecule has 0 bridgehead atoms. The highest BCUT2D eigenvalue weighted by atomic mass is 35.5. The summed E-state index contributed by atoms with van der Waals surface area (Å²) in [6, 6.07) is 21.7. The molecule has 2 saturated heterocycles. The monoisotopic (exact) mass is 606 g/mol. The molecule has 4 aromatic rings. The van der Waals surface area contributed by atoms with Crippen molar-refractivity contribution in [3.8, 4) is 0 Å². The molecule has 1 aliphatic carbocycles. The fraction of sp³-hybridized carbons (Fsp3) is 0.441. The Morgan fingerprint density at radius 1 is 1.05 bits per heavy atom. The van der Waals surface area contributed by atoms with Crippen LogP contribution in [0.2, 0.25) is 5.15 Å². The largest absolute Gasteiger partial charge is 0.374 e. The summed E-state index contributed by atoms with van der Waals surface area (Å²) in [6.45, 7) is 4.94. The number of rotatable bonds is 11. The van der Waals surface area contributed by atoms with Crippen LogP contribution in [0.5, 0.6) is 0 Å². The first kappa shape index (κ1) is 28.2. The van der Waals surface area contributed by atoms with Crippen LogP contribution < -0.4 is 4.90 Å². The Morgan fingerprint density at radius 3 is 2.40 bits per heavy atom. The molecule has 7 rings (SSSR count). The molecule has 42 heavy (non-hydrogen) atoms. The number of hydrogen-bond donors (Lipinski definition) is 0. The highest BCUT2D eigenvalue weighted by Crippen LogP contribution is 2.50. The van der Waals surface area contributed by atoms with Gasteiger partial charge in [0.05, 0.1) is 35.7 Å². The molecule has 6 atom stereocenters. The Bertz CT molecular complexity index is 1510. The molecular formula is C34H36ClFN2O3S. The number of aromatic nitrogens is 1. The van der Waals surface area contributed by atoms with Crippen LogP contribution in [0, 0.1) is 11.8 Å². The zero-order valence-electron chi connectivity index (χ0n) is 23.8. The predicted molar refractivity (Wildman–Crippen MR) is 166 cm³/mol. The fourth-order valence-corrected chi connectivity index (χ4v) is 8.23. The molecule has 2 aromatic carbocycles. The maximum Gasteiger partial charge on any atom is 0.231 e. The zero-order valence-corrected chi connectivity index (χ0v) is 25.3. The molecule has 4 unspecified atom stereocenters. The molecule has 0 spiro atoms. The summed E-state index contributed by atoms with van der Waals surface area (Å²) in [7, 11) is 0. The van der Waals surface area contributed by atoms with Crippen LogP contribution in [-0.2, 0) is 27.4 Å². The van der Waals surface area contributed by atoms with Gasteiger partial charge in [-0.1, -0.05) is 85.6 Å². The molecule has 2 aromatic heterocycles.